The maximum Gasteiger partial charge on any atom is 0.408 e. The second-order valence-corrected chi connectivity index (χ2v) is 11.2. The first-order valence-corrected chi connectivity index (χ1v) is 12.6. The van der Waals surface area contributed by atoms with Crippen LogP contribution < -0.4 is 20.5 Å². The van der Waals surface area contributed by atoms with Crippen molar-refractivity contribution in [2.24, 2.45) is 5.92 Å². The van der Waals surface area contributed by atoms with Crippen LogP contribution in [-0.4, -0.2) is 54.6 Å². The normalized spacial score (nSPS) is 21.7. The highest BCUT2D eigenvalue weighted by Gasteiger charge is 2.53. The van der Waals surface area contributed by atoms with Gasteiger partial charge in [0.1, 0.15) is 17.8 Å². The number of rotatable bonds is 4. The number of nitrogens with one attached hydrogen (secondary N) is 1. The Kier molecular flexibility index (Phi) is 5.85. The minimum Gasteiger partial charge on any atom is -0.488 e. The molecule has 2 aromatic rings. The summed E-state index contributed by atoms with van der Waals surface area (Å²) in [6.45, 7) is 16.8. The van der Waals surface area contributed by atoms with Crippen LogP contribution in [0.5, 0.6) is 5.75 Å². The Morgan fingerprint density at radius 3 is 2.62 bits per heavy atom. The number of esters is 1. The molecular formula is C27H32N4O6. The first-order chi connectivity index (χ1) is 17.5. The Hall–Kier alpha value is -3.74. The minimum atomic E-state index is -0.709. The van der Waals surface area contributed by atoms with Crippen molar-refractivity contribution < 1.29 is 23.8 Å². The molecule has 1 aromatic heterocycles. The molecule has 1 amide bonds. The average molecular weight is 509 g/mol. The van der Waals surface area contributed by atoms with Crippen molar-refractivity contribution in [2.45, 2.75) is 64.1 Å². The number of benzene rings is 1. The number of ether oxygens (including phenoxy) is 3. The van der Waals surface area contributed by atoms with Gasteiger partial charge in [-0.25, -0.2) is 14.4 Å². The second-order valence-electron chi connectivity index (χ2n) is 11.2. The summed E-state index contributed by atoms with van der Waals surface area (Å²) >= 11 is 0. The number of aromatic nitrogens is 1. The summed E-state index contributed by atoms with van der Waals surface area (Å²) in [4.78, 5) is 44.0. The fourth-order valence-corrected chi connectivity index (χ4v) is 5.62. The molecule has 196 valence electrons. The third kappa shape index (κ3) is 4.26. The average Bonchev–Trinajstić information content (AvgIpc) is 3.43. The molecule has 37 heavy (non-hydrogen) atoms. The SMILES string of the molecule is [C-]#[N+]c1cc2cc(C(=O)OC)c(=O)n3c2c(c1N1CC[C@@H](C2(NC(=O)OC(C)(C)C)CC2)C1)OC[C@@H]3C. The van der Waals surface area contributed by atoms with Crippen LogP contribution in [0.2, 0.25) is 0 Å². The summed E-state index contributed by atoms with van der Waals surface area (Å²) in [7, 11) is 1.24. The Bertz CT molecular complexity index is 1400. The smallest absolute Gasteiger partial charge is 0.408 e. The van der Waals surface area contributed by atoms with Crippen LogP contribution in [0, 0.1) is 12.5 Å². The summed E-state index contributed by atoms with van der Waals surface area (Å²) in [5.74, 6) is -0.0347. The molecule has 3 heterocycles. The van der Waals surface area contributed by atoms with Crippen molar-refractivity contribution in [2.75, 3.05) is 31.7 Å². The summed E-state index contributed by atoms with van der Waals surface area (Å²) in [5.41, 5.74) is 0.246. The Morgan fingerprint density at radius 1 is 1.27 bits per heavy atom. The number of methoxy groups -OCH3 is 1. The number of carbonyl (C=O) groups excluding carboxylic acids is 2. The van der Waals surface area contributed by atoms with Gasteiger partial charge in [-0.05, 0) is 64.5 Å². The third-order valence-electron chi connectivity index (χ3n) is 7.49. The van der Waals surface area contributed by atoms with Gasteiger partial charge in [0.15, 0.2) is 5.75 Å². The van der Waals surface area contributed by atoms with E-state index in [4.69, 9.17) is 20.8 Å². The van der Waals surface area contributed by atoms with Gasteiger partial charge in [-0.3, -0.25) is 9.36 Å². The topological polar surface area (TPSA) is 103 Å². The zero-order chi connectivity index (χ0) is 26.7. The number of carbonyl (C=O) groups is 2. The van der Waals surface area contributed by atoms with Crippen molar-refractivity contribution in [1.29, 1.82) is 0 Å². The van der Waals surface area contributed by atoms with E-state index in [0.717, 1.165) is 19.3 Å². The van der Waals surface area contributed by atoms with Gasteiger partial charge < -0.3 is 24.4 Å². The van der Waals surface area contributed by atoms with Crippen molar-refractivity contribution in [1.82, 2.24) is 9.88 Å². The van der Waals surface area contributed by atoms with Gasteiger partial charge in [-0.15, -0.1) is 0 Å². The molecule has 10 heteroatoms. The van der Waals surface area contributed by atoms with Gasteiger partial charge >= 0.3 is 12.1 Å². The number of alkyl carbamates (subject to hydrolysis) is 1. The first-order valence-electron chi connectivity index (χ1n) is 12.6. The van der Waals surface area contributed by atoms with Crippen molar-refractivity contribution >= 4 is 34.3 Å². The molecule has 10 nitrogen and oxygen atoms in total. The lowest BCUT2D eigenvalue weighted by Gasteiger charge is -2.32. The van der Waals surface area contributed by atoms with Crippen molar-refractivity contribution in [3.05, 3.63) is 39.5 Å². The van der Waals surface area contributed by atoms with E-state index in [9.17, 15) is 14.4 Å². The number of amides is 1. The van der Waals surface area contributed by atoms with E-state index < -0.39 is 23.2 Å². The molecule has 1 saturated heterocycles. The predicted molar refractivity (Wildman–Crippen MR) is 138 cm³/mol. The molecule has 0 spiro atoms. The molecule has 2 atom stereocenters. The predicted octanol–water partition coefficient (Wildman–Crippen LogP) is 4.18. The maximum absolute atomic E-state index is 13.3. The third-order valence-corrected chi connectivity index (χ3v) is 7.49. The van der Waals surface area contributed by atoms with Crippen LogP contribution in [0.3, 0.4) is 0 Å². The van der Waals surface area contributed by atoms with E-state index in [1.54, 1.807) is 10.6 Å². The molecule has 1 aliphatic carbocycles. The van der Waals surface area contributed by atoms with Crippen LogP contribution >= 0.6 is 0 Å². The van der Waals surface area contributed by atoms with E-state index in [0.29, 0.717) is 41.1 Å². The highest BCUT2D eigenvalue weighted by Crippen LogP contribution is 2.51. The molecule has 5 rings (SSSR count). The molecule has 0 bridgehead atoms. The Balaban J connectivity index is 1.52. The Labute approximate surface area is 215 Å². The maximum atomic E-state index is 13.3. The summed E-state index contributed by atoms with van der Waals surface area (Å²) in [6.07, 6.45) is 2.20. The van der Waals surface area contributed by atoms with Gasteiger partial charge in [0.25, 0.3) is 5.56 Å². The lowest BCUT2D eigenvalue weighted by Crippen LogP contribution is -2.45. The molecule has 0 unspecified atom stereocenters. The van der Waals surface area contributed by atoms with Crippen LogP contribution in [0.4, 0.5) is 16.2 Å². The first kappa shape index (κ1) is 24.9. The standard InChI is InChI=1S/C27H32N4O6/c1-15-14-36-22-20-16(11-18(24(33)35-6)23(32)31(15)20)12-19(28-5)21(22)30-10-7-17(13-30)27(8-9-27)29-25(34)37-26(2,3)4/h11-12,15,17H,7-10,13-14H2,1-4,6H3,(H,29,34)/t15-,17+/m0/s1. The quantitative estimate of drug-likeness (QED) is 0.488. The van der Waals surface area contributed by atoms with Crippen LogP contribution in [-0.2, 0) is 9.47 Å². The summed E-state index contributed by atoms with van der Waals surface area (Å²) in [6, 6.07) is 2.90. The van der Waals surface area contributed by atoms with E-state index in [-0.39, 0.29) is 29.7 Å². The monoisotopic (exact) mass is 508 g/mol. The molecule has 3 aliphatic rings. The van der Waals surface area contributed by atoms with E-state index in [2.05, 4.69) is 15.1 Å². The van der Waals surface area contributed by atoms with E-state index in [1.165, 1.54) is 13.2 Å². The molecule has 0 radical (unpaired) electrons. The van der Waals surface area contributed by atoms with Crippen molar-refractivity contribution in [3.63, 3.8) is 0 Å². The van der Waals surface area contributed by atoms with Crippen LogP contribution in [0.1, 0.15) is 63.4 Å². The van der Waals surface area contributed by atoms with Crippen LogP contribution in [0.25, 0.3) is 15.7 Å². The van der Waals surface area contributed by atoms with Gasteiger partial charge in [0.05, 0.1) is 30.9 Å². The summed E-state index contributed by atoms with van der Waals surface area (Å²) < 4.78 is 18.1. The number of hydrogen-bond donors (Lipinski definition) is 1. The number of hydrogen-bond acceptors (Lipinski definition) is 7. The molecule has 2 fully saturated rings. The van der Waals surface area contributed by atoms with Gasteiger partial charge in [0.2, 0.25) is 5.69 Å². The van der Waals surface area contributed by atoms with Crippen molar-refractivity contribution in [3.8, 4) is 5.75 Å². The molecule has 1 N–H and O–H groups in total. The zero-order valence-corrected chi connectivity index (χ0v) is 21.8. The fourth-order valence-electron chi connectivity index (χ4n) is 5.62. The van der Waals surface area contributed by atoms with E-state index >= 15 is 0 Å². The number of pyridine rings is 1. The largest absolute Gasteiger partial charge is 0.488 e. The Morgan fingerprint density at radius 2 is 2.00 bits per heavy atom. The van der Waals surface area contributed by atoms with Gasteiger partial charge in [-0.2, -0.15) is 0 Å². The van der Waals surface area contributed by atoms with Gasteiger partial charge in [-0.1, -0.05) is 0 Å². The number of anilines is 1. The number of nitrogens with zero attached hydrogens (tertiary/aromatic N) is 3. The summed E-state index contributed by atoms with van der Waals surface area (Å²) in [5, 5.41) is 3.69. The lowest BCUT2D eigenvalue weighted by atomic mass is 9.96. The highest BCUT2D eigenvalue weighted by atomic mass is 16.6. The molecular weight excluding hydrogens is 476 g/mol. The van der Waals surface area contributed by atoms with Gasteiger partial charge in [0, 0.05) is 24.5 Å². The highest BCUT2D eigenvalue weighted by molar-refractivity contribution is 6.02. The molecule has 2 aliphatic heterocycles. The lowest BCUT2D eigenvalue weighted by molar-refractivity contribution is 0.0476. The van der Waals surface area contributed by atoms with E-state index in [1.807, 2.05) is 27.7 Å². The zero-order valence-electron chi connectivity index (χ0n) is 21.8. The second kappa shape index (κ2) is 8.68. The van der Waals surface area contributed by atoms with Crippen LogP contribution in [0.15, 0.2) is 16.9 Å². The minimum absolute atomic E-state index is 0.0662. The fraction of sp³-hybridized carbons (Fsp3) is 0.556. The molecule has 1 aromatic carbocycles. The molecule has 1 saturated carbocycles.